The molecule has 1 saturated carbocycles. The van der Waals surface area contributed by atoms with Crippen LogP contribution in [0.3, 0.4) is 0 Å². The molecule has 0 aromatic rings. The van der Waals surface area contributed by atoms with E-state index in [1.807, 2.05) is 0 Å². The summed E-state index contributed by atoms with van der Waals surface area (Å²) in [5, 5.41) is 16.3. The molecule has 0 aromatic heterocycles. The Kier molecular flexibility index (Phi) is 4.40. The van der Waals surface area contributed by atoms with Crippen molar-refractivity contribution >= 4 is 5.91 Å². The van der Waals surface area contributed by atoms with Gasteiger partial charge in [-0.25, -0.2) is 0 Å². The molecule has 4 nitrogen and oxygen atoms in total. The summed E-state index contributed by atoms with van der Waals surface area (Å²) in [6, 6.07) is 0.232. The Morgan fingerprint density at radius 1 is 1.24 bits per heavy atom. The molecule has 0 aromatic carbocycles. The second kappa shape index (κ2) is 5.83. The van der Waals surface area contributed by atoms with E-state index >= 15 is 0 Å². The molecule has 3 N–H and O–H groups in total. The van der Waals surface area contributed by atoms with Crippen LogP contribution in [0.25, 0.3) is 0 Å². The average Bonchev–Trinajstić information content (AvgIpc) is 2.63. The maximum Gasteiger partial charge on any atom is 0.225 e. The van der Waals surface area contributed by atoms with Gasteiger partial charge in [0.15, 0.2) is 0 Å². The molecule has 1 aliphatic carbocycles. The van der Waals surface area contributed by atoms with Crippen molar-refractivity contribution < 1.29 is 9.90 Å². The molecule has 4 heteroatoms. The lowest BCUT2D eigenvalue weighted by Gasteiger charge is -2.24. The van der Waals surface area contributed by atoms with Gasteiger partial charge in [-0.1, -0.05) is 19.3 Å². The van der Waals surface area contributed by atoms with Crippen LogP contribution in [0.2, 0.25) is 0 Å². The lowest BCUT2D eigenvalue weighted by molar-refractivity contribution is -0.126. The van der Waals surface area contributed by atoms with Gasteiger partial charge < -0.3 is 15.7 Å². The molecule has 17 heavy (non-hydrogen) atoms. The highest BCUT2D eigenvalue weighted by atomic mass is 16.3. The third-order valence-electron chi connectivity index (χ3n) is 4.17. The number of carbonyl (C=O) groups is 1. The van der Waals surface area contributed by atoms with Gasteiger partial charge in [0.1, 0.15) is 0 Å². The zero-order chi connectivity index (χ0) is 12.3. The summed E-state index contributed by atoms with van der Waals surface area (Å²) in [5.74, 6) is 0.193. The Balaban J connectivity index is 1.88. The fourth-order valence-corrected chi connectivity index (χ4v) is 2.96. The number of rotatable bonds is 2. The van der Waals surface area contributed by atoms with E-state index in [-0.39, 0.29) is 30.0 Å². The van der Waals surface area contributed by atoms with E-state index < -0.39 is 0 Å². The second-order valence-corrected chi connectivity index (χ2v) is 5.46. The van der Waals surface area contributed by atoms with Crippen LogP contribution in [-0.4, -0.2) is 35.7 Å². The van der Waals surface area contributed by atoms with E-state index in [1.54, 1.807) is 0 Å². The highest BCUT2D eigenvalue weighted by molar-refractivity contribution is 5.80. The van der Waals surface area contributed by atoms with Gasteiger partial charge in [0.2, 0.25) is 5.91 Å². The number of amides is 1. The maximum absolute atomic E-state index is 12.1. The number of aliphatic hydroxyl groups is 1. The van der Waals surface area contributed by atoms with Gasteiger partial charge in [0, 0.05) is 6.04 Å². The fourth-order valence-electron chi connectivity index (χ4n) is 2.96. The molecule has 2 aliphatic rings. The standard InChI is InChI=1S/C13H24N2O2/c1-9-10(7-8-14-9)13(17)15-11-5-3-2-4-6-12(11)16/h9-12,14,16H,2-8H2,1H3,(H,15,17). The molecule has 1 amide bonds. The molecule has 0 radical (unpaired) electrons. The van der Waals surface area contributed by atoms with Crippen LogP contribution in [0.5, 0.6) is 0 Å². The largest absolute Gasteiger partial charge is 0.391 e. The number of aliphatic hydroxyl groups excluding tert-OH is 1. The zero-order valence-corrected chi connectivity index (χ0v) is 10.6. The minimum absolute atomic E-state index is 0.0298. The van der Waals surface area contributed by atoms with Crippen molar-refractivity contribution in [3.63, 3.8) is 0 Å². The topological polar surface area (TPSA) is 61.4 Å². The molecule has 0 spiro atoms. The normalized spacial score (nSPS) is 38.7. The molecule has 2 rings (SSSR count). The number of hydrogen-bond acceptors (Lipinski definition) is 3. The van der Waals surface area contributed by atoms with Gasteiger partial charge in [-0.05, 0) is 32.7 Å². The van der Waals surface area contributed by atoms with Gasteiger partial charge in [-0.3, -0.25) is 4.79 Å². The predicted molar refractivity (Wildman–Crippen MR) is 66.6 cm³/mol. The Hall–Kier alpha value is -0.610. The second-order valence-electron chi connectivity index (χ2n) is 5.46. The van der Waals surface area contributed by atoms with Gasteiger partial charge >= 0.3 is 0 Å². The molecule has 1 heterocycles. The lowest BCUT2D eigenvalue weighted by Crippen LogP contribution is -2.47. The Morgan fingerprint density at radius 2 is 2.00 bits per heavy atom. The van der Waals surface area contributed by atoms with E-state index in [0.717, 1.165) is 38.6 Å². The highest BCUT2D eigenvalue weighted by Crippen LogP contribution is 2.20. The van der Waals surface area contributed by atoms with E-state index in [1.165, 1.54) is 6.42 Å². The number of hydrogen-bond donors (Lipinski definition) is 3. The summed E-state index contributed by atoms with van der Waals surface area (Å²) in [7, 11) is 0. The van der Waals surface area contributed by atoms with Gasteiger partial charge in [-0.2, -0.15) is 0 Å². The fraction of sp³-hybridized carbons (Fsp3) is 0.923. The van der Waals surface area contributed by atoms with E-state index in [9.17, 15) is 9.90 Å². The summed E-state index contributed by atoms with van der Waals surface area (Å²) in [6.45, 7) is 2.98. The Bertz CT molecular complexity index is 270. The van der Waals surface area contributed by atoms with Crippen LogP contribution in [0.4, 0.5) is 0 Å². The average molecular weight is 240 g/mol. The van der Waals surface area contributed by atoms with Crippen molar-refractivity contribution in [1.82, 2.24) is 10.6 Å². The quantitative estimate of drug-likeness (QED) is 0.626. The molecule has 2 fully saturated rings. The molecule has 98 valence electrons. The van der Waals surface area contributed by atoms with Crippen molar-refractivity contribution in [3.05, 3.63) is 0 Å². The molecule has 4 unspecified atom stereocenters. The van der Waals surface area contributed by atoms with Gasteiger partial charge in [0.25, 0.3) is 0 Å². The maximum atomic E-state index is 12.1. The molecular formula is C13H24N2O2. The summed E-state index contributed by atoms with van der Waals surface area (Å²) < 4.78 is 0. The van der Waals surface area contributed by atoms with Crippen LogP contribution in [0.15, 0.2) is 0 Å². The monoisotopic (exact) mass is 240 g/mol. The minimum atomic E-state index is -0.355. The summed E-state index contributed by atoms with van der Waals surface area (Å²) in [5.41, 5.74) is 0. The zero-order valence-electron chi connectivity index (χ0n) is 10.6. The van der Waals surface area contributed by atoms with E-state index in [4.69, 9.17) is 0 Å². The summed E-state index contributed by atoms with van der Waals surface area (Å²) >= 11 is 0. The SMILES string of the molecule is CC1NCCC1C(=O)NC1CCCCCC1O. The minimum Gasteiger partial charge on any atom is -0.391 e. The van der Waals surface area contributed by atoms with Crippen molar-refractivity contribution in [2.75, 3.05) is 6.54 Å². The number of carbonyl (C=O) groups excluding carboxylic acids is 1. The van der Waals surface area contributed by atoms with Crippen molar-refractivity contribution in [3.8, 4) is 0 Å². The van der Waals surface area contributed by atoms with E-state index in [0.29, 0.717) is 0 Å². The first-order valence-corrected chi connectivity index (χ1v) is 6.90. The van der Waals surface area contributed by atoms with Crippen LogP contribution in [0.1, 0.15) is 45.4 Å². The van der Waals surface area contributed by atoms with Crippen molar-refractivity contribution in [2.24, 2.45) is 5.92 Å². The predicted octanol–water partition coefficient (Wildman–Crippen LogP) is 0.794. The van der Waals surface area contributed by atoms with Gasteiger partial charge in [-0.15, -0.1) is 0 Å². The summed E-state index contributed by atoms with van der Waals surface area (Å²) in [6.07, 6.45) is 5.66. The van der Waals surface area contributed by atoms with Gasteiger partial charge in [0.05, 0.1) is 18.1 Å². The summed E-state index contributed by atoms with van der Waals surface area (Å²) in [4.78, 5) is 12.1. The lowest BCUT2D eigenvalue weighted by atomic mass is 9.99. The van der Waals surface area contributed by atoms with Crippen LogP contribution < -0.4 is 10.6 Å². The first-order chi connectivity index (χ1) is 8.18. The Labute approximate surface area is 103 Å². The first kappa shape index (κ1) is 12.8. The highest BCUT2D eigenvalue weighted by Gasteiger charge is 2.32. The van der Waals surface area contributed by atoms with Crippen LogP contribution >= 0.6 is 0 Å². The molecular weight excluding hydrogens is 216 g/mol. The third kappa shape index (κ3) is 3.19. The van der Waals surface area contributed by atoms with Crippen LogP contribution in [0, 0.1) is 5.92 Å². The molecule has 1 saturated heterocycles. The van der Waals surface area contributed by atoms with Crippen LogP contribution in [-0.2, 0) is 4.79 Å². The smallest absolute Gasteiger partial charge is 0.225 e. The van der Waals surface area contributed by atoms with Crippen molar-refractivity contribution in [1.29, 1.82) is 0 Å². The Morgan fingerprint density at radius 3 is 2.71 bits per heavy atom. The molecule has 0 bridgehead atoms. The first-order valence-electron chi connectivity index (χ1n) is 6.90. The molecule has 4 atom stereocenters. The van der Waals surface area contributed by atoms with Crippen molar-refractivity contribution in [2.45, 2.75) is 63.6 Å². The third-order valence-corrected chi connectivity index (χ3v) is 4.17. The van der Waals surface area contributed by atoms with E-state index in [2.05, 4.69) is 17.6 Å². The molecule has 1 aliphatic heterocycles. The number of nitrogens with one attached hydrogen (secondary N) is 2.